The highest BCUT2D eigenvalue weighted by Crippen LogP contribution is 2.19. The van der Waals surface area contributed by atoms with Gasteiger partial charge >= 0.3 is 0 Å². The number of hydrogen-bond acceptors (Lipinski definition) is 6. The van der Waals surface area contributed by atoms with Gasteiger partial charge in [0.2, 0.25) is 0 Å². The normalized spacial score (nSPS) is 10.8. The maximum atomic E-state index is 13.3. The number of carbonyl (C=O) groups is 1. The van der Waals surface area contributed by atoms with Gasteiger partial charge in [-0.25, -0.2) is 8.78 Å². The number of hydrogen-bond donors (Lipinski definition) is 0. The van der Waals surface area contributed by atoms with Gasteiger partial charge in [0.1, 0.15) is 24.0 Å². The first-order valence-electron chi connectivity index (χ1n) is 7.48. The van der Waals surface area contributed by atoms with Crippen molar-refractivity contribution >= 4 is 6.29 Å². The van der Waals surface area contributed by atoms with Crippen molar-refractivity contribution in [2.24, 2.45) is 0 Å². The zero-order valence-corrected chi connectivity index (χ0v) is 13.6. The first kappa shape index (κ1) is 20.4. The Morgan fingerprint density at radius 3 is 1.75 bits per heavy atom. The maximum Gasteiger partial charge on any atom is 0.155 e. The van der Waals surface area contributed by atoms with Crippen LogP contribution in [0, 0.1) is 11.6 Å². The number of aldehydes is 1. The lowest BCUT2D eigenvalue weighted by Crippen LogP contribution is -2.13. The summed E-state index contributed by atoms with van der Waals surface area (Å²) in [6, 6.07) is 1.92. The van der Waals surface area contributed by atoms with Crippen LogP contribution in [0.4, 0.5) is 8.78 Å². The van der Waals surface area contributed by atoms with Gasteiger partial charge in [0.05, 0.1) is 51.8 Å². The Morgan fingerprint density at radius 2 is 1.29 bits per heavy atom. The average Bonchev–Trinajstić information content (AvgIpc) is 2.55. The lowest BCUT2D eigenvalue weighted by atomic mass is 10.2. The van der Waals surface area contributed by atoms with Gasteiger partial charge in [-0.1, -0.05) is 0 Å². The SMILES string of the molecule is COCCOCCOCCOCCOc1cc(F)c(C=O)c(F)c1. The minimum atomic E-state index is -0.956. The van der Waals surface area contributed by atoms with Crippen molar-refractivity contribution in [1.29, 1.82) is 0 Å². The average molecular weight is 348 g/mol. The Bertz CT molecular complexity index is 461. The van der Waals surface area contributed by atoms with E-state index in [1.807, 2.05) is 0 Å². The monoisotopic (exact) mass is 348 g/mol. The van der Waals surface area contributed by atoms with E-state index in [0.29, 0.717) is 39.6 Å². The fourth-order valence-corrected chi connectivity index (χ4v) is 1.66. The molecule has 0 spiro atoms. The van der Waals surface area contributed by atoms with Crippen LogP contribution in [-0.2, 0) is 18.9 Å². The van der Waals surface area contributed by atoms with E-state index in [1.165, 1.54) is 0 Å². The van der Waals surface area contributed by atoms with E-state index >= 15 is 0 Å². The molecule has 0 aliphatic rings. The molecule has 1 aromatic carbocycles. The Hall–Kier alpha value is -1.61. The van der Waals surface area contributed by atoms with Gasteiger partial charge in [-0.2, -0.15) is 0 Å². The van der Waals surface area contributed by atoms with Crippen LogP contribution in [0.15, 0.2) is 12.1 Å². The van der Waals surface area contributed by atoms with Crippen LogP contribution in [-0.4, -0.2) is 66.3 Å². The van der Waals surface area contributed by atoms with Gasteiger partial charge in [0.25, 0.3) is 0 Å². The highest BCUT2D eigenvalue weighted by molar-refractivity contribution is 5.75. The number of benzene rings is 1. The number of rotatable bonds is 14. The summed E-state index contributed by atoms with van der Waals surface area (Å²) in [6.07, 6.45) is 0.125. The lowest BCUT2D eigenvalue weighted by Gasteiger charge is -2.09. The molecular weight excluding hydrogens is 326 g/mol. The summed E-state index contributed by atoms with van der Waals surface area (Å²) in [4.78, 5) is 10.5. The lowest BCUT2D eigenvalue weighted by molar-refractivity contribution is 0.000143. The van der Waals surface area contributed by atoms with Crippen molar-refractivity contribution in [3.8, 4) is 5.75 Å². The van der Waals surface area contributed by atoms with Crippen molar-refractivity contribution < 1.29 is 37.3 Å². The Balaban J connectivity index is 2.02. The predicted octanol–water partition coefficient (Wildman–Crippen LogP) is 1.85. The van der Waals surface area contributed by atoms with E-state index in [4.69, 9.17) is 23.7 Å². The van der Waals surface area contributed by atoms with E-state index in [-0.39, 0.29) is 25.2 Å². The molecule has 1 aromatic rings. The predicted molar refractivity (Wildman–Crippen MR) is 81.6 cm³/mol. The molecule has 1 rings (SSSR count). The first-order valence-corrected chi connectivity index (χ1v) is 7.48. The molecule has 0 atom stereocenters. The topological polar surface area (TPSA) is 63.2 Å². The van der Waals surface area contributed by atoms with Gasteiger partial charge in [0.15, 0.2) is 6.29 Å². The molecule has 136 valence electrons. The number of carbonyl (C=O) groups excluding carboxylic acids is 1. The molecule has 0 aliphatic heterocycles. The van der Waals surface area contributed by atoms with Gasteiger partial charge in [-0.3, -0.25) is 4.79 Å². The maximum absolute atomic E-state index is 13.3. The summed E-state index contributed by atoms with van der Waals surface area (Å²) in [5.74, 6) is -1.91. The van der Waals surface area contributed by atoms with Crippen LogP contribution < -0.4 is 4.74 Å². The highest BCUT2D eigenvalue weighted by Gasteiger charge is 2.10. The minimum Gasteiger partial charge on any atom is -0.491 e. The Labute approximate surface area is 139 Å². The third-order valence-electron chi connectivity index (χ3n) is 2.84. The van der Waals surface area contributed by atoms with Gasteiger partial charge in [-0.15, -0.1) is 0 Å². The van der Waals surface area contributed by atoms with Gasteiger partial charge < -0.3 is 23.7 Å². The third-order valence-corrected chi connectivity index (χ3v) is 2.84. The second-order valence-corrected chi connectivity index (χ2v) is 4.60. The highest BCUT2D eigenvalue weighted by atomic mass is 19.1. The minimum absolute atomic E-state index is 0.00339. The van der Waals surface area contributed by atoms with E-state index in [1.54, 1.807) is 7.11 Å². The van der Waals surface area contributed by atoms with Gasteiger partial charge in [-0.05, 0) is 0 Å². The molecule has 0 amide bonds. The van der Waals surface area contributed by atoms with Crippen LogP contribution in [0.5, 0.6) is 5.75 Å². The molecular formula is C16H22F2O6. The molecule has 0 bridgehead atoms. The van der Waals surface area contributed by atoms with Crippen molar-refractivity contribution in [2.45, 2.75) is 0 Å². The summed E-state index contributed by atoms with van der Waals surface area (Å²) in [5.41, 5.74) is -0.609. The standard InChI is InChI=1S/C16H22F2O6/c1-20-2-3-21-4-5-22-6-7-23-8-9-24-13-10-15(17)14(12-19)16(18)11-13/h10-12H,2-9H2,1H3. The largest absolute Gasteiger partial charge is 0.491 e. The van der Waals surface area contributed by atoms with E-state index in [9.17, 15) is 13.6 Å². The Kier molecular flexibility index (Phi) is 10.9. The smallest absolute Gasteiger partial charge is 0.155 e. The van der Waals surface area contributed by atoms with Crippen LogP contribution in [0.25, 0.3) is 0 Å². The molecule has 0 radical (unpaired) electrons. The number of ether oxygens (including phenoxy) is 5. The second kappa shape index (κ2) is 12.8. The summed E-state index contributed by atoms with van der Waals surface area (Å²) in [7, 11) is 1.61. The molecule has 6 nitrogen and oxygen atoms in total. The summed E-state index contributed by atoms with van der Waals surface area (Å²) >= 11 is 0. The van der Waals surface area contributed by atoms with Crippen molar-refractivity contribution in [1.82, 2.24) is 0 Å². The quantitative estimate of drug-likeness (QED) is 0.378. The van der Waals surface area contributed by atoms with Crippen LogP contribution in [0.2, 0.25) is 0 Å². The fraction of sp³-hybridized carbons (Fsp3) is 0.562. The van der Waals surface area contributed by atoms with Crippen molar-refractivity contribution in [3.63, 3.8) is 0 Å². The van der Waals surface area contributed by atoms with Crippen LogP contribution in [0.1, 0.15) is 10.4 Å². The van der Waals surface area contributed by atoms with Crippen molar-refractivity contribution in [2.75, 3.05) is 60.0 Å². The summed E-state index contributed by atoms with van der Waals surface area (Å²) in [5, 5.41) is 0. The number of methoxy groups -OCH3 is 1. The van der Waals surface area contributed by atoms with Gasteiger partial charge in [0, 0.05) is 19.2 Å². The summed E-state index contributed by atoms with van der Waals surface area (Å²) < 4.78 is 52.4. The Morgan fingerprint density at radius 1 is 0.833 bits per heavy atom. The van der Waals surface area contributed by atoms with E-state index in [2.05, 4.69) is 0 Å². The molecule has 8 heteroatoms. The molecule has 24 heavy (non-hydrogen) atoms. The molecule has 0 saturated heterocycles. The van der Waals surface area contributed by atoms with Crippen molar-refractivity contribution in [3.05, 3.63) is 29.3 Å². The molecule has 0 fully saturated rings. The van der Waals surface area contributed by atoms with Crippen LogP contribution in [0.3, 0.4) is 0 Å². The molecule has 0 aliphatic carbocycles. The molecule has 0 unspecified atom stereocenters. The van der Waals surface area contributed by atoms with E-state index in [0.717, 1.165) is 12.1 Å². The second-order valence-electron chi connectivity index (χ2n) is 4.60. The first-order chi connectivity index (χ1) is 11.7. The third kappa shape index (κ3) is 8.30. The van der Waals surface area contributed by atoms with Crippen LogP contribution >= 0.6 is 0 Å². The zero-order chi connectivity index (χ0) is 17.6. The zero-order valence-electron chi connectivity index (χ0n) is 13.6. The summed E-state index contributed by atoms with van der Waals surface area (Å²) in [6.45, 7) is 3.17. The fourth-order valence-electron chi connectivity index (χ4n) is 1.66. The molecule has 0 saturated carbocycles. The molecule has 0 N–H and O–H groups in total. The molecule has 0 heterocycles. The van der Waals surface area contributed by atoms with E-state index < -0.39 is 17.2 Å². The number of halogens is 2. The molecule has 0 aromatic heterocycles.